The van der Waals surface area contributed by atoms with Crippen LogP contribution in [0.25, 0.3) is 0 Å². The Morgan fingerprint density at radius 3 is 1.56 bits per heavy atom. The number of oxime groups is 1. The number of thiazole rings is 1. The number of hydrogen-bond acceptors (Lipinski definition) is 12. The molecule has 1 aromatic heterocycles. The third-order valence-electron chi connectivity index (χ3n) is 14.9. The molecule has 2 fully saturated rings. The number of fused-ring (bicyclic) bond motifs is 1. The molecular weight excluding hydrogens is 1070 g/mol. The van der Waals surface area contributed by atoms with Crippen LogP contribution in [0.5, 0.6) is 0 Å². The molecule has 3 aliphatic heterocycles. The zero-order valence-corrected chi connectivity index (χ0v) is 46.4. The summed E-state index contributed by atoms with van der Waals surface area (Å²) in [5, 5.41) is 13.5. The smallest absolute Gasteiger partial charge is 0.276 e. The molecule has 8 aromatic carbocycles. The van der Waals surface area contributed by atoms with Gasteiger partial charge in [-0.3, -0.25) is 14.5 Å². The summed E-state index contributed by atoms with van der Waals surface area (Å²) in [6, 6.07) is 78.8. The van der Waals surface area contributed by atoms with Gasteiger partial charge in [0.05, 0.1) is 6.61 Å². The van der Waals surface area contributed by atoms with E-state index in [4.69, 9.17) is 41.4 Å². The number of anilines is 1. The van der Waals surface area contributed by atoms with Crippen molar-refractivity contribution in [3.63, 3.8) is 0 Å². The first-order valence-corrected chi connectivity index (χ1v) is 28.9. The molecule has 2 amide bonds. The SMILES string of the molecule is CC1S[C@@H]2C(NC(=O)/C(=N\OC(c3ccccc3)(c3ccccc3)c3ccccc3)c3csc(NC(c4ccccc4)(c4ccccc4)c4ccccc4)n3)C(=O)N2C(C(=S)OC(c2ccccc2)c2ccccc2)=C1C1COCO1. The summed E-state index contributed by atoms with van der Waals surface area (Å²) in [6.07, 6.45) is -1.07. The summed E-state index contributed by atoms with van der Waals surface area (Å²) >= 11 is 9.13. The van der Waals surface area contributed by atoms with Gasteiger partial charge in [0, 0.05) is 32.9 Å². The van der Waals surface area contributed by atoms with Crippen LogP contribution in [-0.4, -0.2) is 68.6 Å². The zero-order valence-electron chi connectivity index (χ0n) is 44.0. The largest absolute Gasteiger partial charge is 0.469 e. The highest BCUT2D eigenvalue weighted by Crippen LogP contribution is 2.48. The van der Waals surface area contributed by atoms with Crippen LogP contribution in [0.15, 0.2) is 264 Å². The summed E-state index contributed by atoms with van der Waals surface area (Å²) < 4.78 is 18.7. The first-order valence-electron chi connectivity index (χ1n) is 26.7. The van der Waals surface area contributed by atoms with Gasteiger partial charge in [0.15, 0.2) is 10.8 Å². The van der Waals surface area contributed by atoms with Crippen molar-refractivity contribution in [2.75, 3.05) is 18.7 Å². The molecule has 14 heteroatoms. The minimum atomic E-state index is -1.36. The van der Waals surface area contributed by atoms with Gasteiger partial charge in [-0.2, -0.15) is 0 Å². The van der Waals surface area contributed by atoms with E-state index in [1.807, 2.05) is 206 Å². The summed E-state index contributed by atoms with van der Waals surface area (Å²) in [7, 11) is 0. The molecule has 4 atom stereocenters. The van der Waals surface area contributed by atoms with Gasteiger partial charge in [0.25, 0.3) is 11.8 Å². The standard InChI is InChI=1S/C67H55N5O6S3/c1-45-56(55-42-75-44-76-55)59(64(79)77-60(46-26-10-2-11-27-46)47-28-12-3-13-29-47)72-62(74)58(63(72)81-45)69-61(73)57(71-78-67(51-36-20-7-21-37-51,52-38-22-8-23-39-52)53-40-24-9-25-41-53)54-43-80-65(68-54)70-66(48-30-14-4-15-31-48,49-32-16-5-17-33-49)50-34-18-6-19-35-50/h2-41,43,45,55,58,60,63H,42,44H2,1H3,(H,68,70)(H,69,73)/b71-57-/t45?,55?,58?,63-/m1/s1. The second-order valence-corrected chi connectivity index (χ2v) is 22.4. The highest BCUT2D eigenvalue weighted by Gasteiger charge is 2.57. The maximum absolute atomic E-state index is 15.6. The normalized spacial score (nSPS) is 18.2. The number of thiocarbonyl (C=S) groups is 1. The molecule has 3 aliphatic rings. The maximum Gasteiger partial charge on any atom is 0.276 e. The monoisotopic (exact) mass is 1120 g/mol. The Balaban J connectivity index is 0.943. The number of nitrogens with one attached hydrogen (secondary N) is 2. The molecule has 81 heavy (non-hydrogen) atoms. The lowest BCUT2D eigenvalue weighted by Gasteiger charge is -2.52. The van der Waals surface area contributed by atoms with Gasteiger partial charge in [-0.15, -0.1) is 23.1 Å². The number of carbonyl (C=O) groups is 2. The molecule has 0 aliphatic carbocycles. The Labute approximate surface area is 484 Å². The number of benzene rings is 8. The minimum absolute atomic E-state index is 0.100. The quantitative estimate of drug-likeness (QED) is 0.0282. The zero-order chi connectivity index (χ0) is 55.2. The molecule has 9 aromatic rings. The predicted octanol–water partition coefficient (Wildman–Crippen LogP) is 12.8. The second-order valence-electron chi connectivity index (χ2n) is 19.7. The van der Waals surface area contributed by atoms with Crippen LogP contribution in [0.2, 0.25) is 0 Å². The molecule has 0 spiro atoms. The van der Waals surface area contributed by atoms with Crippen molar-refractivity contribution in [1.29, 1.82) is 0 Å². The van der Waals surface area contributed by atoms with Gasteiger partial charge >= 0.3 is 0 Å². The first kappa shape index (κ1) is 53.2. The Bertz CT molecular complexity index is 3450. The van der Waals surface area contributed by atoms with E-state index >= 15 is 9.59 Å². The second kappa shape index (κ2) is 23.7. The summed E-state index contributed by atoms with van der Waals surface area (Å²) in [4.78, 5) is 44.7. The lowest BCUT2D eigenvalue weighted by Crippen LogP contribution is -2.71. The summed E-state index contributed by atoms with van der Waals surface area (Å²) in [5.74, 6) is -1.05. The fourth-order valence-electron chi connectivity index (χ4n) is 11.1. The molecule has 2 N–H and O–H groups in total. The molecule has 12 rings (SSSR count). The molecule has 2 saturated heterocycles. The van der Waals surface area contributed by atoms with Crippen LogP contribution >= 0.6 is 35.3 Å². The minimum Gasteiger partial charge on any atom is -0.469 e. The van der Waals surface area contributed by atoms with Crippen molar-refractivity contribution in [3.8, 4) is 0 Å². The van der Waals surface area contributed by atoms with Gasteiger partial charge in [-0.25, -0.2) is 4.98 Å². The van der Waals surface area contributed by atoms with E-state index < -0.39 is 40.7 Å². The first-order chi connectivity index (χ1) is 39.8. The van der Waals surface area contributed by atoms with Crippen LogP contribution in [0.3, 0.4) is 0 Å². The van der Waals surface area contributed by atoms with Crippen molar-refractivity contribution in [2.24, 2.45) is 5.16 Å². The van der Waals surface area contributed by atoms with Gasteiger partial charge in [0.2, 0.25) is 10.7 Å². The molecule has 3 unspecified atom stereocenters. The van der Waals surface area contributed by atoms with Gasteiger partial charge < -0.3 is 29.7 Å². The van der Waals surface area contributed by atoms with Crippen LogP contribution in [-0.2, 0) is 39.8 Å². The van der Waals surface area contributed by atoms with E-state index in [0.717, 1.165) is 50.1 Å². The average Bonchev–Trinajstić information content (AvgIpc) is 4.33. The fourth-order valence-corrected chi connectivity index (χ4v) is 13.6. The average molecular weight is 1120 g/mol. The van der Waals surface area contributed by atoms with Crippen molar-refractivity contribution in [3.05, 3.63) is 310 Å². The molecule has 0 saturated carbocycles. The number of β-lactam (4-membered cyclic amide) rings is 1. The van der Waals surface area contributed by atoms with Crippen LogP contribution < -0.4 is 10.6 Å². The third-order valence-corrected chi connectivity index (χ3v) is 17.4. The summed E-state index contributed by atoms with van der Waals surface area (Å²) in [5.41, 5.74) is 6.04. The third kappa shape index (κ3) is 10.4. The van der Waals surface area contributed by atoms with E-state index in [0.29, 0.717) is 10.8 Å². The van der Waals surface area contributed by atoms with Crippen molar-refractivity contribution < 1.29 is 28.6 Å². The summed E-state index contributed by atoms with van der Waals surface area (Å²) in [6.45, 7) is 2.43. The number of ether oxygens (including phenoxy) is 3. The molecule has 0 radical (unpaired) electrons. The van der Waals surface area contributed by atoms with Crippen LogP contribution in [0.1, 0.15) is 63.2 Å². The molecule has 4 heterocycles. The number of carbonyl (C=O) groups excluding carboxylic acids is 2. The van der Waals surface area contributed by atoms with E-state index in [2.05, 4.69) is 54.0 Å². The van der Waals surface area contributed by atoms with Crippen LogP contribution in [0.4, 0.5) is 5.13 Å². The Hall–Kier alpha value is -8.50. The highest BCUT2D eigenvalue weighted by atomic mass is 32.2. The molecule has 402 valence electrons. The van der Waals surface area contributed by atoms with E-state index in [1.165, 1.54) is 23.1 Å². The highest BCUT2D eigenvalue weighted by molar-refractivity contribution is 8.00. The fraction of sp³-hybridized carbons (Fsp3) is 0.149. The number of amides is 2. The Morgan fingerprint density at radius 1 is 0.667 bits per heavy atom. The van der Waals surface area contributed by atoms with E-state index in [9.17, 15) is 0 Å². The Morgan fingerprint density at radius 2 is 1.11 bits per heavy atom. The van der Waals surface area contributed by atoms with E-state index in [-0.39, 0.29) is 41.0 Å². The van der Waals surface area contributed by atoms with E-state index in [1.54, 1.807) is 10.3 Å². The number of thioether (sulfide) groups is 1. The number of rotatable bonds is 18. The molecular formula is C67H55N5O6S3. The van der Waals surface area contributed by atoms with Crippen LogP contribution in [0, 0.1) is 0 Å². The lowest BCUT2D eigenvalue weighted by molar-refractivity contribution is -0.144. The van der Waals surface area contributed by atoms with Gasteiger partial charge in [-0.05, 0) is 47.0 Å². The van der Waals surface area contributed by atoms with Gasteiger partial charge in [-0.1, -0.05) is 248 Å². The van der Waals surface area contributed by atoms with Gasteiger partial charge in [0.1, 0.15) is 47.3 Å². The Kier molecular flexibility index (Phi) is 15.5. The van der Waals surface area contributed by atoms with Crippen molar-refractivity contribution >= 4 is 63.0 Å². The predicted molar refractivity (Wildman–Crippen MR) is 323 cm³/mol. The molecule has 11 nitrogen and oxygen atoms in total. The number of hydrogen-bond donors (Lipinski definition) is 2. The number of aromatic nitrogens is 1. The number of nitrogens with zero attached hydrogens (tertiary/aromatic N) is 3. The van der Waals surface area contributed by atoms with Crippen molar-refractivity contribution in [2.45, 2.75) is 46.9 Å². The van der Waals surface area contributed by atoms with Crippen molar-refractivity contribution in [1.82, 2.24) is 15.2 Å². The topological polar surface area (TPSA) is 124 Å². The molecule has 0 bridgehead atoms. The maximum atomic E-state index is 15.6. The lowest BCUT2D eigenvalue weighted by atomic mass is 9.77.